The summed E-state index contributed by atoms with van der Waals surface area (Å²) in [5.74, 6) is -1.29. The van der Waals surface area contributed by atoms with Gasteiger partial charge in [-0.3, -0.25) is 33.3 Å². The van der Waals surface area contributed by atoms with Crippen molar-refractivity contribution in [3.05, 3.63) is 70.9 Å². The second-order valence-corrected chi connectivity index (χ2v) is 20.9. The number of imide groups is 1. The van der Waals surface area contributed by atoms with E-state index < -0.39 is 73.9 Å². The maximum absolute atomic E-state index is 15.5. The lowest BCUT2D eigenvalue weighted by atomic mass is 9.47. The molecule has 4 fully saturated rings. The number of H-pyrrole nitrogens is 1. The molecule has 0 radical (unpaired) electrons. The zero-order valence-electron chi connectivity index (χ0n) is 39.1. The first kappa shape index (κ1) is 48.3. The third-order valence-electron chi connectivity index (χ3n) is 16.4. The quantitative estimate of drug-likeness (QED) is 0.0807. The number of para-hydroxylation sites is 1. The number of rotatable bonds is 8. The Labute approximate surface area is 400 Å². The van der Waals surface area contributed by atoms with E-state index in [1.165, 1.54) is 14.0 Å². The number of likely N-dealkylation sites (N-methyl/N-ethyl adjacent to an activating group) is 1. The van der Waals surface area contributed by atoms with E-state index in [-0.39, 0.29) is 24.4 Å². The lowest BCUT2D eigenvalue weighted by molar-refractivity contribution is -0.210. The first-order valence-electron chi connectivity index (χ1n) is 23.2. The first-order chi connectivity index (χ1) is 32.2. The van der Waals surface area contributed by atoms with Crippen molar-refractivity contribution in [2.45, 2.75) is 99.5 Å². The van der Waals surface area contributed by atoms with E-state index in [0.29, 0.717) is 82.6 Å². The SMILES string of the molecule is CC[C@]1(O)C[C@H]2CN(CCc3c([nH]c4ccccc34)[C@@](C(=O)OC)(c3cc4c(cc3OC)N(C)[C@H]3[C@]5(OC(=O)N(CCCl)C5=O)[C@H](OC(C)=O)[C@]5(CC)C=CCN6CC[C@]43[C@@H]65)C2)C1.O=S(=O)(O)O. The number of carbonyl (C=O) groups is 4. The Bertz CT molecular complexity index is 2710. The van der Waals surface area contributed by atoms with Crippen LogP contribution in [0.15, 0.2) is 48.6 Å². The van der Waals surface area contributed by atoms with Gasteiger partial charge in [0.25, 0.3) is 11.5 Å². The van der Waals surface area contributed by atoms with Crippen LogP contribution < -0.4 is 9.64 Å². The number of hydrogen-bond donors (Lipinski definition) is 4. The number of piperidine rings is 1. The molecule has 68 heavy (non-hydrogen) atoms. The first-order valence-corrected chi connectivity index (χ1v) is 25.2. The molecule has 10 atom stereocenters. The summed E-state index contributed by atoms with van der Waals surface area (Å²) in [6.07, 6.45) is 5.22. The predicted molar refractivity (Wildman–Crippen MR) is 249 cm³/mol. The summed E-state index contributed by atoms with van der Waals surface area (Å²) in [6.45, 7) is 8.54. The van der Waals surface area contributed by atoms with Crippen LogP contribution in [0.2, 0.25) is 0 Å². The van der Waals surface area contributed by atoms with Crippen LogP contribution in [-0.4, -0.2) is 162 Å². The molecule has 2 aromatic carbocycles. The minimum absolute atomic E-state index is 0.00340. The Hall–Kier alpha value is -4.76. The second kappa shape index (κ2) is 17.0. The largest absolute Gasteiger partial charge is 0.496 e. The molecule has 2 spiro atoms. The number of nitrogens with zero attached hydrogens (tertiary/aromatic N) is 4. The Morgan fingerprint density at radius 3 is 2.43 bits per heavy atom. The standard InChI is InChI=1S/C48H58ClN5O9.H2O4S/c1-7-44(59)24-29-25-47(42(57)61-6,37-31(14-19-52(26-29)27-44)30-12-9-10-13-34(30)50-37)33-22-32-35(23-36(33)60-5)51(4)39-46(32)16-20-53-18-11-15-45(8-2,38(46)53)40(62-28(3)55)48(39)41(56)54(21-17-49)43(58)63-48;1-5(2,3)4/h9-13,15,22-23,29,38-40,50,59H,7-8,14,16-21,24-27H2,1-6H3;(H2,1,2,3,4)/t29-,38+,39-,40-,44+,45-,46-,47+,48+;/m1./s1. The summed E-state index contributed by atoms with van der Waals surface area (Å²) < 4.78 is 57.0. The van der Waals surface area contributed by atoms with Crippen molar-refractivity contribution in [1.82, 2.24) is 19.7 Å². The van der Waals surface area contributed by atoms with Gasteiger partial charge in [-0.25, -0.2) is 9.69 Å². The number of anilines is 1. The van der Waals surface area contributed by atoms with Crippen LogP contribution in [0.1, 0.15) is 75.3 Å². The lowest BCUT2D eigenvalue weighted by Gasteiger charge is -2.63. The number of carbonyl (C=O) groups excluding carboxylic acids is 4. The Kier molecular flexibility index (Phi) is 12.1. The molecule has 2 bridgehead atoms. The molecule has 20 heteroatoms. The minimum Gasteiger partial charge on any atom is -0.496 e. The number of amides is 2. The van der Waals surface area contributed by atoms with Crippen LogP contribution in [0.3, 0.4) is 0 Å². The summed E-state index contributed by atoms with van der Waals surface area (Å²) in [5.41, 5.74) is -1.32. The van der Waals surface area contributed by atoms with Crippen LogP contribution in [0.5, 0.6) is 5.75 Å². The minimum atomic E-state index is -4.67. The molecular formula is C48H60ClN5O13S. The molecule has 2 amide bonds. The van der Waals surface area contributed by atoms with Crippen molar-refractivity contribution in [2.75, 3.05) is 71.3 Å². The fraction of sp³-hybridized carbons (Fsp3) is 0.583. The normalized spacial score (nSPS) is 34.7. The van der Waals surface area contributed by atoms with Gasteiger partial charge in [0.2, 0.25) is 0 Å². The number of benzene rings is 2. The molecule has 7 heterocycles. The summed E-state index contributed by atoms with van der Waals surface area (Å²) in [6, 6.07) is 11.1. The number of aliphatic hydroxyl groups is 1. The van der Waals surface area contributed by atoms with E-state index in [1.54, 1.807) is 7.11 Å². The molecule has 3 saturated heterocycles. The molecule has 4 N–H and O–H groups in total. The maximum atomic E-state index is 15.5. The van der Waals surface area contributed by atoms with Crippen molar-refractivity contribution in [3.8, 4) is 5.75 Å². The zero-order valence-corrected chi connectivity index (χ0v) is 40.7. The third kappa shape index (κ3) is 6.92. The van der Waals surface area contributed by atoms with Gasteiger partial charge in [0.15, 0.2) is 6.10 Å². The van der Waals surface area contributed by atoms with Crippen LogP contribution in [0, 0.1) is 11.3 Å². The molecule has 368 valence electrons. The van der Waals surface area contributed by atoms with Gasteiger partial charge in [0.05, 0.1) is 25.9 Å². The van der Waals surface area contributed by atoms with Crippen molar-refractivity contribution in [3.63, 3.8) is 0 Å². The monoisotopic (exact) mass is 981 g/mol. The molecule has 7 aliphatic rings. The number of nitrogens with one attached hydrogen (secondary N) is 1. The molecular weight excluding hydrogens is 922 g/mol. The van der Waals surface area contributed by atoms with Crippen LogP contribution in [0.4, 0.5) is 10.5 Å². The molecule has 1 aromatic heterocycles. The number of halogens is 1. The topological polar surface area (TPSA) is 229 Å². The summed E-state index contributed by atoms with van der Waals surface area (Å²) >= 11 is 6.24. The van der Waals surface area contributed by atoms with Crippen LogP contribution in [-0.2, 0) is 56.2 Å². The number of aromatic amines is 1. The smallest absolute Gasteiger partial charge is 0.417 e. The average molecular weight is 983 g/mol. The average Bonchev–Trinajstić information content (AvgIpc) is 4.01. The molecule has 3 aromatic rings. The predicted octanol–water partition coefficient (Wildman–Crippen LogP) is 4.39. The Morgan fingerprint density at radius 1 is 1.03 bits per heavy atom. The Morgan fingerprint density at radius 2 is 1.76 bits per heavy atom. The maximum Gasteiger partial charge on any atom is 0.417 e. The van der Waals surface area contributed by atoms with Crippen LogP contribution in [0.25, 0.3) is 10.9 Å². The number of hydrogen-bond acceptors (Lipinski definition) is 14. The van der Waals surface area contributed by atoms with Gasteiger partial charge in [0.1, 0.15) is 11.2 Å². The highest BCUT2D eigenvalue weighted by molar-refractivity contribution is 7.79. The van der Waals surface area contributed by atoms with Gasteiger partial charge in [-0.1, -0.05) is 44.2 Å². The van der Waals surface area contributed by atoms with E-state index in [4.69, 9.17) is 48.1 Å². The Balaban J connectivity index is 0.00000110. The van der Waals surface area contributed by atoms with Gasteiger partial charge in [0, 0.05) is 103 Å². The van der Waals surface area contributed by atoms with Crippen molar-refractivity contribution in [2.24, 2.45) is 11.3 Å². The highest BCUT2D eigenvalue weighted by Gasteiger charge is 2.84. The molecule has 6 aliphatic heterocycles. The van der Waals surface area contributed by atoms with Crippen molar-refractivity contribution < 1.29 is 60.8 Å². The van der Waals surface area contributed by atoms with Gasteiger partial charge in [-0.2, -0.15) is 8.42 Å². The molecule has 1 aliphatic carbocycles. The number of ether oxygens (including phenoxy) is 4. The van der Waals surface area contributed by atoms with Crippen molar-refractivity contribution in [1.29, 1.82) is 0 Å². The fourth-order valence-corrected chi connectivity index (χ4v) is 14.4. The van der Waals surface area contributed by atoms with Gasteiger partial charge < -0.3 is 33.9 Å². The van der Waals surface area contributed by atoms with E-state index in [0.717, 1.165) is 38.3 Å². The number of aromatic nitrogens is 1. The number of methoxy groups -OCH3 is 2. The van der Waals surface area contributed by atoms with E-state index in [2.05, 4.69) is 39.1 Å². The molecule has 1 unspecified atom stereocenters. The van der Waals surface area contributed by atoms with E-state index in [1.807, 2.05) is 50.1 Å². The van der Waals surface area contributed by atoms with Crippen LogP contribution >= 0.6 is 11.6 Å². The second-order valence-electron chi connectivity index (χ2n) is 19.6. The van der Waals surface area contributed by atoms with Gasteiger partial charge in [-0.15, -0.1) is 11.6 Å². The van der Waals surface area contributed by atoms with E-state index >= 15 is 9.59 Å². The highest BCUT2D eigenvalue weighted by Crippen LogP contribution is 2.69. The van der Waals surface area contributed by atoms with Gasteiger partial charge in [-0.05, 0) is 74.2 Å². The summed E-state index contributed by atoms with van der Waals surface area (Å²) in [7, 11) is 0.276. The molecule has 10 rings (SSSR count). The van der Waals surface area contributed by atoms with E-state index in [9.17, 15) is 14.7 Å². The number of fused-ring (bicyclic) bond motifs is 7. The van der Waals surface area contributed by atoms with Crippen molar-refractivity contribution >= 4 is 62.5 Å². The molecule has 18 nitrogen and oxygen atoms in total. The van der Waals surface area contributed by atoms with Gasteiger partial charge >= 0.3 is 28.4 Å². The third-order valence-corrected chi connectivity index (χ3v) is 16.6. The number of esters is 2. The lowest BCUT2D eigenvalue weighted by Crippen LogP contribution is -2.81. The number of alkyl halides is 1. The summed E-state index contributed by atoms with van der Waals surface area (Å²) in [4.78, 5) is 69.9. The molecule has 1 saturated carbocycles. The summed E-state index contributed by atoms with van der Waals surface area (Å²) in [5, 5.41) is 13.1. The fourth-order valence-electron chi connectivity index (χ4n) is 14.2. The highest BCUT2D eigenvalue weighted by atomic mass is 35.5. The zero-order chi connectivity index (χ0) is 48.9.